The van der Waals surface area contributed by atoms with Crippen LogP contribution in [0, 0.1) is 6.92 Å². The highest BCUT2D eigenvalue weighted by atomic mass is 16.4. The summed E-state index contributed by atoms with van der Waals surface area (Å²) in [7, 11) is 4.07. The lowest BCUT2D eigenvalue weighted by Crippen LogP contribution is -2.29. The molecule has 0 fully saturated rings. The van der Waals surface area contributed by atoms with Crippen LogP contribution in [0.25, 0.3) is 0 Å². The second-order valence-corrected chi connectivity index (χ2v) is 2.56. The summed E-state index contributed by atoms with van der Waals surface area (Å²) in [6, 6.07) is 0. The van der Waals surface area contributed by atoms with Crippen molar-refractivity contribution >= 4 is 5.97 Å². The van der Waals surface area contributed by atoms with Crippen LogP contribution in [0.5, 0.6) is 0 Å². The molecule has 0 aliphatic carbocycles. The van der Waals surface area contributed by atoms with E-state index >= 15 is 0 Å². The maximum absolute atomic E-state index is 8.89. The Morgan fingerprint density at radius 3 is 2.17 bits per heavy atom. The molecule has 0 radical (unpaired) electrons. The molecule has 0 N–H and O–H groups in total. The molecule has 0 saturated carbocycles. The van der Waals surface area contributed by atoms with E-state index in [2.05, 4.69) is 16.1 Å². The van der Waals surface area contributed by atoms with Gasteiger partial charge in [0, 0.05) is 12.9 Å². The van der Waals surface area contributed by atoms with Gasteiger partial charge in [-0.15, -0.1) is 0 Å². The molecule has 4 nitrogen and oxygen atoms in total. The molecule has 0 spiro atoms. The highest BCUT2D eigenvalue weighted by Crippen LogP contribution is 1.84. The summed E-state index contributed by atoms with van der Waals surface area (Å²) in [4.78, 5) is 8.89. The quantitative estimate of drug-likeness (QED) is 0.465. The Hall–Kier alpha value is -1.32. The van der Waals surface area contributed by atoms with Crippen LogP contribution in [0.15, 0.2) is 12.4 Å². The van der Waals surface area contributed by atoms with Crippen molar-refractivity contribution in [1.29, 1.82) is 0 Å². The minimum atomic E-state index is -1.08. The van der Waals surface area contributed by atoms with Crippen molar-refractivity contribution in [2.75, 3.05) is 0 Å². The van der Waals surface area contributed by atoms with Crippen molar-refractivity contribution in [3.63, 3.8) is 0 Å². The lowest BCUT2D eigenvalue weighted by atomic mass is 10.7. The summed E-state index contributed by atoms with van der Waals surface area (Å²) in [6.45, 7) is 3.06. The Morgan fingerprint density at radius 1 is 1.67 bits per heavy atom. The van der Waals surface area contributed by atoms with E-state index < -0.39 is 5.97 Å². The number of rotatable bonds is 0. The molecular weight excluding hydrogens is 156 g/mol. The highest BCUT2D eigenvalue weighted by molar-refractivity contribution is 5.60. The van der Waals surface area contributed by atoms with E-state index in [-0.39, 0.29) is 0 Å². The summed E-state index contributed by atoms with van der Waals surface area (Å²) in [5.74, 6) is 0.185. The van der Waals surface area contributed by atoms with Crippen molar-refractivity contribution in [3.05, 3.63) is 18.2 Å². The molecule has 4 heteroatoms. The van der Waals surface area contributed by atoms with Gasteiger partial charge in [0.15, 0.2) is 0 Å². The van der Waals surface area contributed by atoms with Crippen LogP contribution in [-0.2, 0) is 18.9 Å². The standard InChI is InChI=1S/C6H11N2.C2H4O2/c1-6-7(2)4-5-8(6)3;1-2(3)4/h4-5H,1-3H3;1H3,(H,3,4)/q+1;/p-1. The molecule has 0 aliphatic rings. The van der Waals surface area contributed by atoms with E-state index in [0.29, 0.717) is 0 Å². The molecule has 1 rings (SSSR count). The highest BCUT2D eigenvalue weighted by Gasteiger charge is 2.00. The van der Waals surface area contributed by atoms with E-state index in [1.54, 1.807) is 0 Å². The lowest BCUT2D eigenvalue weighted by molar-refractivity contribution is -0.677. The van der Waals surface area contributed by atoms with E-state index in [0.717, 1.165) is 6.92 Å². The first-order valence-corrected chi connectivity index (χ1v) is 3.60. The second kappa shape index (κ2) is 4.54. The van der Waals surface area contributed by atoms with Gasteiger partial charge in [-0.05, 0) is 6.92 Å². The maximum atomic E-state index is 8.89. The zero-order valence-electron chi connectivity index (χ0n) is 7.87. The van der Waals surface area contributed by atoms with Crippen LogP contribution in [-0.4, -0.2) is 10.5 Å². The number of aliphatic carboxylic acids is 1. The fourth-order valence-electron chi connectivity index (χ4n) is 0.665. The number of hydrogen-bond acceptors (Lipinski definition) is 2. The molecule has 1 aromatic rings. The van der Waals surface area contributed by atoms with E-state index in [1.165, 1.54) is 5.82 Å². The first-order valence-electron chi connectivity index (χ1n) is 3.60. The lowest BCUT2D eigenvalue weighted by Gasteiger charge is -1.84. The minimum Gasteiger partial charge on any atom is -0.550 e. The Labute approximate surface area is 72.1 Å². The molecule has 0 aromatic carbocycles. The molecule has 0 bridgehead atoms. The van der Waals surface area contributed by atoms with Crippen molar-refractivity contribution in [2.45, 2.75) is 13.8 Å². The topological polar surface area (TPSA) is 48.9 Å². The summed E-state index contributed by atoms with van der Waals surface area (Å²) in [5, 5.41) is 8.89. The normalized spacial score (nSPS) is 8.67. The molecule has 68 valence electrons. The van der Waals surface area contributed by atoms with Gasteiger partial charge in [-0.25, -0.2) is 9.13 Å². The van der Waals surface area contributed by atoms with Gasteiger partial charge in [-0.3, -0.25) is 0 Å². The zero-order valence-corrected chi connectivity index (χ0v) is 7.87. The van der Waals surface area contributed by atoms with Crippen LogP contribution < -0.4 is 9.67 Å². The fourth-order valence-corrected chi connectivity index (χ4v) is 0.665. The number of nitrogens with zero attached hydrogens (tertiary/aromatic N) is 2. The molecule has 0 atom stereocenters. The van der Waals surface area contributed by atoms with Crippen LogP contribution in [0.4, 0.5) is 0 Å². The Morgan fingerprint density at radius 2 is 2.08 bits per heavy atom. The Bertz CT molecular complexity index is 243. The summed E-state index contributed by atoms with van der Waals surface area (Å²) >= 11 is 0. The molecule has 0 aliphatic heterocycles. The van der Waals surface area contributed by atoms with Crippen LogP contribution in [0.2, 0.25) is 0 Å². The third-order valence-electron chi connectivity index (χ3n) is 1.53. The molecule has 0 saturated heterocycles. The maximum Gasteiger partial charge on any atom is 0.252 e. The van der Waals surface area contributed by atoms with Gasteiger partial charge >= 0.3 is 0 Å². The largest absolute Gasteiger partial charge is 0.550 e. The number of imidazole rings is 1. The molecule has 0 amide bonds. The van der Waals surface area contributed by atoms with Crippen LogP contribution in [0.3, 0.4) is 0 Å². The van der Waals surface area contributed by atoms with Crippen molar-refractivity contribution in [3.8, 4) is 0 Å². The van der Waals surface area contributed by atoms with Gasteiger partial charge in [0.25, 0.3) is 5.82 Å². The second-order valence-electron chi connectivity index (χ2n) is 2.56. The van der Waals surface area contributed by atoms with Gasteiger partial charge < -0.3 is 9.90 Å². The number of carbonyl (C=O) groups is 1. The molecule has 1 aromatic heterocycles. The average molecular weight is 170 g/mol. The van der Waals surface area contributed by atoms with Gasteiger partial charge in [-0.2, -0.15) is 0 Å². The average Bonchev–Trinajstić information content (AvgIpc) is 2.19. The van der Waals surface area contributed by atoms with E-state index in [4.69, 9.17) is 9.90 Å². The van der Waals surface area contributed by atoms with Crippen molar-refractivity contribution < 1.29 is 14.5 Å². The predicted molar refractivity (Wildman–Crippen MR) is 42.0 cm³/mol. The Kier molecular flexibility index (Phi) is 4.04. The van der Waals surface area contributed by atoms with Gasteiger partial charge in [0.1, 0.15) is 12.4 Å². The fraction of sp³-hybridized carbons (Fsp3) is 0.500. The summed E-state index contributed by atoms with van der Waals surface area (Å²) in [5.41, 5.74) is 0. The number of aryl methyl sites for hydroxylation is 2. The van der Waals surface area contributed by atoms with Crippen LogP contribution in [0.1, 0.15) is 12.7 Å². The van der Waals surface area contributed by atoms with E-state index in [1.807, 2.05) is 26.5 Å². The third-order valence-corrected chi connectivity index (χ3v) is 1.53. The number of aromatic nitrogens is 2. The van der Waals surface area contributed by atoms with Crippen molar-refractivity contribution in [2.24, 2.45) is 14.1 Å². The van der Waals surface area contributed by atoms with Gasteiger partial charge in [-0.1, -0.05) is 0 Å². The number of carboxylic acids is 1. The SMILES string of the molecule is CC(=O)[O-].Cc1n(C)cc[n+]1C. The van der Waals surface area contributed by atoms with Crippen LogP contribution >= 0.6 is 0 Å². The summed E-state index contributed by atoms with van der Waals surface area (Å²) in [6.07, 6.45) is 4.07. The molecule has 0 unspecified atom stereocenters. The van der Waals surface area contributed by atoms with E-state index in [9.17, 15) is 0 Å². The predicted octanol–water partition coefficient (Wildman–Crippen LogP) is -1.09. The molecular formula is C8H14N2O2. The molecule has 1 heterocycles. The molecule has 12 heavy (non-hydrogen) atoms. The number of hydrogen-bond donors (Lipinski definition) is 0. The smallest absolute Gasteiger partial charge is 0.252 e. The minimum absolute atomic E-state index is 0.972. The summed E-state index contributed by atoms with van der Waals surface area (Å²) < 4.78 is 4.17. The Balaban J connectivity index is 0.000000261. The first kappa shape index (κ1) is 10.7. The number of carbonyl (C=O) groups excluding carboxylic acids is 1. The monoisotopic (exact) mass is 170 g/mol. The van der Waals surface area contributed by atoms with Gasteiger partial charge in [0.2, 0.25) is 0 Å². The van der Waals surface area contributed by atoms with Gasteiger partial charge in [0.05, 0.1) is 14.1 Å². The first-order chi connectivity index (χ1) is 5.45. The zero-order chi connectivity index (χ0) is 9.72. The third kappa shape index (κ3) is 3.75. The van der Waals surface area contributed by atoms with Crippen molar-refractivity contribution in [1.82, 2.24) is 4.57 Å². The number of carboxylic acid groups (broad SMARTS) is 1.